The van der Waals surface area contributed by atoms with Gasteiger partial charge in [-0.2, -0.15) is 13.2 Å². The van der Waals surface area contributed by atoms with E-state index in [1.807, 2.05) is 0 Å². The predicted octanol–water partition coefficient (Wildman–Crippen LogP) is 5.09. The number of carbonyl (C=O) groups is 1. The van der Waals surface area contributed by atoms with Gasteiger partial charge in [0.25, 0.3) is 0 Å². The van der Waals surface area contributed by atoms with Gasteiger partial charge in [0.15, 0.2) is 0 Å². The van der Waals surface area contributed by atoms with Gasteiger partial charge in [0, 0.05) is 9.37 Å². The summed E-state index contributed by atoms with van der Waals surface area (Å²) in [6, 6.07) is 4.35. The molecular formula is C10H7Br2F3OS. The lowest BCUT2D eigenvalue weighted by Crippen LogP contribution is -2.02. The largest absolute Gasteiger partial charge is 0.446 e. The number of halogens is 5. The zero-order chi connectivity index (χ0) is 13.2. The van der Waals surface area contributed by atoms with E-state index in [9.17, 15) is 18.0 Å². The van der Waals surface area contributed by atoms with Gasteiger partial charge in [-0.1, -0.05) is 22.0 Å². The maximum Gasteiger partial charge on any atom is 0.446 e. The summed E-state index contributed by atoms with van der Waals surface area (Å²) in [7, 11) is 0. The minimum Gasteiger partial charge on any atom is -0.298 e. The third-order valence-corrected chi connectivity index (χ3v) is 4.73. The molecule has 0 bridgehead atoms. The van der Waals surface area contributed by atoms with Crippen molar-refractivity contribution in [2.24, 2.45) is 0 Å². The Morgan fingerprint density at radius 3 is 2.41 bits per heavy atom. The normalized spacial score (nSPS) is 13.5. The molecule has 1 aromatic rings. The number of thioether (sulfide) groups is 1. The number of carbonyl (C=O) groups excluding carboxylic acids is 1. The molecule has 0 spiro atoms. The molecule has 0 saturated carbocycles. The number of ketones is 1. The van der Waals surface area contributed by atoms with Crippen molar-refractivity contribution in [1.29, 1.82) is 0 Å². The molecule has 94 valence electrons. The van der Waals surface area contributed by atoms with Crippen molar-refractivity contribution in [1.82, 2.24) is 0 Å². The fraction of sp³-hybridized carbons (Fsp3) is 0.300. The summed E-state index contributed by atoms with van der Waals surface area (Å²) >= 11 is 6.04. The van der Waals surface area contributed by atoms with Crippen LogP contribution in [-0.4, -0.2) is 11.3 Å². The molecule has 17 heavy (non-hydrogen) atoms. The topological polar surface area (TPSA) is 17.1 Å². The van der Waals surface area contributed by atoms with Crippen LogP contribution in [0, 0.1) is 0 Å². The van der Waals surface area contributed by atoms with E-state index in [0.29, 0.717) is 10.0 Å². The van der Waals surface area contributed by atoms with Gasteiger partial charge in [0.05, 0.1) is 4.83 Å². The molecule has 0 N–H and O–H groups in total. The molecule has 1 nitrogen and oxygen atoms in total. The van der Waals surface area contributed by atoms with Crippen molar-refractivity contribution < 1.29 is 18.0 Å². The number of alkyl halides is 4. The van der Waals surface area contributed by atoms with Crippen LogP contribution in [0.5, 0.6) is 0 Å². The SMILES string of the molecule is CC(=O)C(Br)c1ccc(SC(F)(F)F)c(Br)c1. The van der Waals surface area contributed by atoms with Crippen LogP contribution in [0.25, 0.3) is 0 Å². The Hall–Kier alpha value is -0.0100. The van der Waals surface area contributed by atoms with Crippen molar-refractivity contribution in [2.45, 2.75) is 22.2 Å². The second kappa shape index (κ2) is 5.75. The van der Waals surface area contributed by atoms with E-state index >= 15 is 0 Å². The van der Waals surface area contributed by atoms with Gasteiger partial charge in [0.2, 0.25) is 0 Å². The standard InChI is InChI=1S/C10H7Br2F3OS/c1-5(16)9(12)6-2-3-8(7(11)4-6)17-10(13,14)15/h2-4,9H,1H3. The minimum absolute atomic E-state index is 0.0736. The Balaban J connectivity index is 2.98. The average Bonchev–Trinajstić information content (AvgIpc) is 2.18. The molecule has 0 aromatic heterocycles. The maximum absolute atomic E-state index is 12.2. The molecule has 0 saturated heterocycles. The highest BCUT2D eigenvalue weighted by Crippen LogP contribution is 2.41. The molecule has 1 rings (SSSR count). The highest BCUT2D eigenvalue weighted by atomic mass is 79.9. The molecule has 0 radical (unpaired) electrons. The van der Waals surface area contributed by atoms with E-state index < -0.39 is 10.3 Å². The summed E-state index contributed by atoms with van der Waals surface area (Å²) in [5.41, 5.74) is -3.70. The van der Waals surface area contributed by atoms with Crippen molar-refractivity contribution in [3.63, 3.8) is 0 Å². The fourth-order valence-electron chi connectivity index (χ4n) is 1.12. The van der Waals surface area contributed by atoms with E-state index in [1.165, 1.54) is 25.1 Å². The minimum atomic E-state index is -4.32. The number of hydrogen-bond acceptors (Lipinski definition) is 2. The monoisotopic (exact) mass is 390 g/mol. The molecule has 0 fully saturated rings. The zero-order valence-corrected chi connectivity index (χ0v) is 12.5. The lowest BCUT2D eigenvalue weighted by molar-refractivity contribution is -0.116. The van der Waals surface area contributed by atoms with Crippen LogP contribution in [0.2, 0.25) is 0 Å². The Morgan fingerprint density at radius 2 is 2.00 bits per heavy atom. The number of hydrogen-bond donors (Lipinski definition) is 0. The smallest absolute Gasteiger partial charge is 0.298 e. The van der Waals surface area contributed by atoms with Crippen LogP contribution in [0.15, 0.2) is 27.6 Å². The van der Waals surface area contributed by atoms with Gasteiger partial charge in [-0.15, -0.1) is 0 Å². The summed E-state index contributed by atoms with van der Waals surface area (Å²) in [6.45, 7) is 1.41. The quantitative estimate of drug-likeness (QED) is 0.527. The Morgan fingerprint density at radius 1 is 1.41 bits per heavy atom. The second-order valence-electron chi connectivity index (χ2n) is 3.21. The third kappa shape index (κ3) is 4.63. The van der Waals surface area contributed by atoms with Crippen molar-refractivity contribution in [3.8, 4) is 0 Å². The molecule has 0 heterocycles. The first-order chi connectivity index (χ1) is 7.70. The van der Waals surface area contributed by atoms with Gasteiger partial charge < -0.3 is 0 Å². The van der Waals surface area contributed by atoms with Gasteiger partial charge in [-0.25, -0.2) is 0 Å². The molecule has 0 amide bonds. The zero-order valence-electron chi connectivity index (χ0n) is 8.52. The van der Waals surface area contributed by atoms with Crippen LogP contribution in [0.3, 0.4) is 0 Å². The number of benzene rings is 1. The van der Waals surface area contributed by atoms with Gasteiger partial charge >= 0.3 is 5.51 Å². The summed E-state index contributed by atoms with van der Waals surface area (Å²) < 4.78 is 36.9. The molecule has 0 aliphatic carbocycles. The fourth-order valence-corrected chi connectivity index (χ4v) is 2.58. The first-order valence-electron chi connectivity index (χ1n) is 4.40. The molecule has 0 aliphatic heterocycles. The Kier molecular flexibility index (Phi) is 5.09. The lowest BCUT2D eigenvalue weighted by Gasteiger charge is -2.11. The van der Waals surface area contributed by atoms with E-state index in [4.69, 9.17) is 0 Å². The second-order valence-corrected chi connectivity index (χ2v) is 6.09. The summed E-state index contributed by atoms with van der Waals surface area (Å²) in [4.78, 5) is 10.7. The molecule has 7 heteroatoms. The van der Waals surface area contributed by atoms with E-state index in [0.717, 1.165) is 0 Å². The predicted molar refractivity (Wildman–Crippen MR) is 68.4 cm³/mol. The van der Waals surface area contributed by atoms with Crippen LogP contribution in [0.1, 0.15) is 17.3 Å². The number of rotatable bonds is 3. The molecule has 1 unspecified atom stereocenters. The van der Waals surface area contributed by atoms with Crippen molar-refractivity contribution in [3.05, 3.63) is 28.2 Å². The van der Waals surface area contributed by atoms with E-state index in [2.05, 4.69) is 31.9 Å². The summed E-state index contributed by atoms with van der Waals surface area (Å²) in [5, 5.41) is 0. The maximum atomic E-state index is 12.2. The first-order valence-corrected chi connectivity index (χ1v) is 6.93. The highest BCUT2D eigenvalue weighted by molar-refractivity contribution is 9.10. The Bertz CT molecular complexity index is 434. The first kappa shape index (κ1) is 15.0. The molecule has 0 aliphatic rings. The Labute approximate surface area is 117 Å². The van der Waals surface area contributed by atoms with Gasteiger partial charge in [-0.05, 0) is 52.3 Å². The van der Waals surface area contributed by atoms with Crippen molar-refractivity contribution >= 4 is 49.4 Å². The van der Waals surface area contributed by atoms with Crippen LogP contribution < -0.4 is 0 Å². The summed E-state index contributed by atoms with van der Waals surface area (Å²) in [6.07, 6.45) is 0. The van der Waals surface area contributed by atoms with Crippen LogP contribution in [-0.2, 0) is 4.79 Å². The highest BCUT2D eigenvalue weighted by Gasteiger charge is 2.30. The van der Waals surface area contributed by atoms with E-state index in [1.54, 1.807) is 0 Å². The summed E-state index contributed by atoms with van der Waals surface area (Å²) in [5.74, 6) is -0.104. The van der Waals surface area contributed by atoms with Gasteiger partial charge in [-0.3, -0.25) is 4.79 Å². The average molecular weight is 392 g/mol. The lowest BCUT2D eigenvalue weighted by atomic mass is 10.1. The van der Waals surface area contributed by atoms with E-state index in [-0.39, 0.29) is 22.4 Å². The third-order valence-electron chi connectivity index (χ3n) is 1.83. The van der Waals surface area contributed by atoms with Crippen molar-refractivity contribution in [2.75, 3.05) is 0 Å². The number of Topliss-reactive ketones (excluding diaryl/α,β-unsaturated/α-hetero) is 1. The van der Waals surface area contributed by atoms with Crippen LogP contribution >= 0.6 is 43.6 Å². The molecule has 1 aromatic carbocycles. The van der Waals surface area contributed by atoms with Gasteiger partial charge in [0.1, 0.15) is 5.78 Å². The van der Waals surface area contributed by atoms with Crippen LogP contribution in [0.4, 0.5) is 13.2 Å². The molecule has 1 atom stereocenters. The molecular weight excluding hydrogens is 385 g/mol.